The van der Waals surface area contributed by atoms with E-state index in [0.717, 1.165) is 50.5 Å². The molecule has 6 heteroatoms. The quantitative estimate of drug-likeness (QED) is 0.598. The monoisotopic (exact) mass is 383 g/mol. The molecule has 0 N–H and O–H groups in total. The van der Waals surface area contributed by atoms with E-state index >= 15 is 0 Å². The van der Waals surface area contributed by atoms with Crippen molar-refractivity contribution in [2.75, 3.05) is 19.7 Å². The summed E-state index contributed by atoms with van der Waals surface area (Å²) in [6.45, 7) is 3.97. The van der Waals surface area contributed by atoms with E-state index in [1.165, 1.54) is 12.1 Å². The van der Waals surface area contributed by atoms with Crippen LogP contribution in [0.25, 0.3) is 0 Å². The summed E-state index contributed by atoms with van der Waals surface area (Å²) < 4.78 is 43.5. The predicted molar refractivity (Wildman–Crippen MR) is 97.5 cm³/mol. The lowest BCUT2D eigenvalue weighted by Crippen LogP contribution is -2.42. The number of carbonyl (C=O) groups is 1. The van der Waals surface area contributed by atoms with Gasteiger partial charge in [0.1, 0.15) is 0 Å². The number of benzene rings is 1. The second kappa shape index (κ2) is 8.11. The molecule has 1 unspecified atom stereocenters. The molecular weight excluding hydrogens is 355 g/mol. The summed E-state index contributed by atoms with van der Waals surface area (Å²) in [4.78, 5) is 13.9. The van der Waals surface area contributed by atoms with Gasteiger partial charge in [-0.25, -0.2) is 4.79 Å². The third-order valence-corrected chi connectivity index (χ3v) is 6.22. The number of piperidine rings is 1. The van der Waals surface area contributed by atoms with E-state index < -0.39 is 11.7 Å². The van der Waals surface area contributed by atoms with Gasteiger partial charge < -0.3 is 9.64 Å². The van der Waals surface area contributed by atoms with Gasteiger partial charge in [-0.05, 0) is 67.6 Å². The van der Waals surface area contributed by atoms with Crippen LogP contribution in [0, 0.1) is 5.41 Å². The summed E-state index contributed by atoms with van der Waals surface area (Å²) in [6, 6.07) is 5.64. The Bertz CT molecular complexity index is 634. The molecule has 1 saturated heterocycles. The standard InChI is InChI=1S/C21H28F3NO2/c1-2-3-14-27-19(26)25-12-10-20(11-13-25)9-8-17(15-20)16-4-6-18(7-5-16)21(22,23)24/h4-7,17H,2-3,8-15H2,1H3. The zero-order chi connectivity index (χ0) is 19.5. The number of nitrogens with zero attached hydrogens (tertiary/aromatic N) is 1. The molecule has 2 fully saturated rings. The van der Waals surface area contributed by atoms with E-state index in [-0.39, 0.29) is 11.5 Å². The summed E-state index contributed by atoms with van der Waals surface area (Å²) in [5, 5.41) is 0. The SMILES string of the molecule is CCCCOC(=O)N1CCC2(CCC(c3ccc(C(F)(F)F)cc3)C2)CC1. The minimum atomic E-state index is -4.28. The van der Waals surface area contributed by atoms with Crippen molar-refractivity contribution in [3.63, 3.8) is 0 Å². The van der Waals surface area contributed by atoms with Crippen molar-refractivity contribution in [1.29, 1.82) is 0 Å². The van der Waals surface area contributed by atoms with Gasteiger partial charge in [0.05, 0.1) is 12.2 Å². The molecule has 1 aromatic rings. The molecule has 1 amide bonds. The van der Waals surface area contributed by atoms with Crippen LogP contribution in [0.5, 0.6) is 0 Å². The van der Waals surface area contributed by atoms with Crippen LogP contribution in [-0.4, -0.2) is 30.7 Å². The summed E-state index contributed by atoms with van der Waals surface area (Å²) >= 11 is 0. The molecule has 1 aliphatic heterocycles. The van der Waals surface area contributed by atoms with Crippen LogP contribution in [0.3, 0.4) is 0 Å². The maximum absolute atomic E-state index is 12.7. The molecule has 150 valence electrons. The maximum atomic E-state index is 12.7. The lowest BCUT2D eigenvalue weighted by Gasteiger charge is -2.39. The van der Waals surface area contributed by atoms with E-state index in [0.29, 0.717) is 25.6 Å². The van der Waals surface area contributed by atoms with Crippen molar-refractivity contribution < 1.29 is 22.7 Å². The van der Waals surface area contributed by atoms with E-state index in [1.54, 1.807) is 17.0 Å². The molecule has 3 nitrogen and oxygen atoms in total. The van der Waals surface area contributed by atoms with Gasteiger partial charge in [0.2, 0.25) is 0 Å². The van der Waals surface area contributed by atoms with Gasteiger partial charge in [0, 0.05) is 13.1 Å². The van der Waals surface area contributed by atoms with Crippen molar-refractivity contribution >= 4 is 6.09 Å². The lowest BCUT2D eigenvalue weighted by atomic mass is 9.76. The van der Waals surface area contributed by atoms with Gasteiger partial charge in [-0.15, -0.1) is 0 Å². The van der Waals surface area contributed by atoms with Gasteiger partial charge in [0.25, 0.3) is 0 Å². The average molecular weight is 383 g/mol. The lowest BCUT2D eigenvalue weighted by molar-refractivity contribution is -0.137. The molecule has 27 heavy (non-hydrogen) atoms. The molecule has 1 spiro atoms. The Morgan fingerprint density at radius 1 is 1.19 bits per heavy atom. The van der Waals surface area contributed by atoms with Crippen LogP contribution in [0.1, 0.15) is 68.9 Å². The third kappa shape index (κ3) is 4.77. The smallest absolute Gasteiger partial charge is 0.416 e. The van der Waals surface area contributed by atoms with Crippen LogP contribution in [-0.2, 0) is 10.9 Å². The van der Waals surface area contributed by atoms with Gasteiger partial charge in [0.15, 0.2) is 0 Å². The largest absolute Gasteiger partial charge is 0.449 e. The first-order valence-corrected chi connectivity index (χ1v) is 9.92. The van der Waals surface area contributed by atoms with E-state index in [9.17, 15) is 18.0 Å². The van der Waals surface area contributed by atoms with Crippen LogP contribution in [0.4, 0.5) is 18.0 Å². The molecule has 0 aromatic heterocycles. The molecule has 1 aliphatic carbocycles. The van der Waals surface area contributed by atoms with E-state index in [4.69, 9.17) is 4.74 Å². The number of unbranched alkanes of at least 4 members (excludes halogenated alkanes) is 1. The molecule has 1 heterocycles. The second-order valence-electron chi connectivity index (χ2n) is 8.01. The van der Waals surface area contributed by atoms with Crippen LogP contribution >= 0.6 is 0 Å². The number of hydrogen-bond acceptors (Lipinski definition) is 2. The summed E-state index contributed by atoms with van der Waals surface area (Å²) in [7, 11) is 0. The number of ether oxygens (including phenoxy) is 1. The molecule has 1 atom stereocenters. The number of hydrogen-bond donors (Lipinski definition) is 0. The molecule has 3 rings (SSSR count). The highest BCUT2D eigenvalue weighted by atomic mass is 19.4. The van der Waals surface area contributed by atoms with Gasteiger partial charge >= 0.3 is 12.3 Å². The number of likely N-dealkylation sites (tertiary alicyclic amines) is 1. The Balaban J connectivity index is 1.53. The molecule has 0 radical (unpaired) electrons. The average Bonchev–Trinajstić information content (AvgIpc) is 3.05. The predicted octanol–water partition coefficient (Wildman–Crippen LogP) is 5.99. The topological polar surface area (TPSA) is 29.5 Å². The van der Waals surface area contributed by atoms with Crippen molar-refractivity contribution in [2.45, 2.75) is 64.0 Å². The third-order valence-electron chi connectivity index (χ3n) is 6.22. The minimum absolute atomic E-state index is 0.212. The van der Waals surface area contributed by atoms with E-state index in [1.807, 2.05) is 0 Å². The zero-order valence-electron chi connectivity index (χ0n) is 15.9. The molecule has 2 aliphatic rings. The molecule has 0 bridgehead atoms. The van der Waals surface area contributed by atoms with Gasteiger partial charge in [-0.3, -0.25) is 0 Å². The fourth-order valence-corrected chi connectivity index (χ4v) is 4.45. The van der Waals surface area contributed by atoms with Crippen molar-refractivity contribution in [3.8, 4) is 0 Å². The first-order valence-electron chi connectivity index (χ1n) is 9.92. The summed E-state index contributed by atoms with van der Waals surface area (Å²) in [5.74, 6) is 0.315. The Morgan fingerprint density at radius 3 is 2.44 bits per heavy atom. The van der Waals surface area contributed by atoms with Gasteiger partial charge in [-0.1, -0.05) is 25.5 Å². The number of halogens is 3. The van der Waals surface area contributed by atoms with Crippen LogP contribution in [0.15, 0.2) is 24.3 Å². The first kappa shape index (κ1) is 20.0. The summed E-state index contributed by atoms with van der Waals surface area (Å²) in [6.07, 6.45) is 2.38. The van der Waals surface area contributed by atoms with Crippen LogP contribution in [0.2, 0.25) is 0 Å². The number of amides is 1. The fourth-order valence-electron chi connectivity index (χ4n) is 4.45. The van der Waals surface area contributed by atoms with Crippen molar-refractivity contribution in [3.05, 3.63) is 35.4 Å². The normalized spacial score (nSPS) is 22.2. The molecule has 1 aromatic carbocycles. The van der Waals surface area contributed by atoms with Crippen molar-refractivity contribution in [1.82, 2.24) is 4.90 Å². The maximum Gasteiger partial charge on any atom is 0.416 e. The van der Waals surface area contributed by atoms with E-state index in [2.05, 4.69) is 6.92 Å². The highest BCUT2D eigenvalue weighted by Gasteiger charge is 2.42. The first-order chi connectivity index (χ1) is 12.8. The highest BCUT2D eigenvalue weighted by Crippen LogP contribution is 2.52. The Hall–Kier alpha value is -1.72. The minimum Gasteiger partial charge on any atom is -0.449 e. The molecule has 1 saturated carbocycles. The van der Waals surface area contributed by atoms with Gasteiger partial charge in [-0.2, -0.15) is 13.2 Å². The Morgan fingerprint density at radius 2 is 1.85 bits per heavy atom. The van der Waals surface area contributed by atoms with Crippen molar-refractivity contribution in [2.24, 2.45) is 5.41 Å². The fraction of sp³-hybridized carbons (Fsp3) is 0.667. The highest BCUT2D eigenvalue weighted by molar-refractivity contribution is 5.67. The molecular formula is C21H28F3NO2. The van der Waals surface area contributed by atoms with Crippen LogP contribution < -0.4 is 0 Å². The second-order valence-corrected chi connectivity index (χ2v) is 8.01. The number of rotatable bonds is 4. The number of alkyl halides is 3. The Labute approximate surface area is 158 Å². The summed E-state index contributed by atoms with van der Waals surface area (Å²) in [5.41, 5.74) is 0.628. The Kier molecular flexibility index (Phi) is 6.02. The number of carbonyl (C=O) groups excluding carboxylic acids is 1. The zero-order valence-corrected chi connectivity index (χ0v) is 15.9.